The van der Waals surface area contributed by atoms with Crippen molar-refractivity contribution < 1.29 is 4.42 Å². The van der Waals surface area contributed by atoms with Gasteiger partial charge in [-0.1, -0.05) is 24.3 Å². The minimum Gasteiger partial charge on any atom is -0.452 e. The van der Waals surface area contributed by atoms with Gasteiger partial charge >= 0.3 is 0 Å². The molecule has 0 atom stereocenters. The molecule has 1 aliphatic carbocycles. The normalized spacial score (nSPS) is 14.9. The van der Waals surface area contributed by atoms with Gasteiger partial charge in [0.25, 0.3) is 0 Å². The molecule has 5 nitrogen and oxygen atoms in total. The summed E-state index contributed by atoms with van der Waals surface area (Å²) in [5.74, 6) is 0.563. The maximum Gasteiger partial charge on any atom is 0.193 e. The molecule has 0 bridgehead atoms. The minimum atomic E-state index is 0.00699. The molecule has 2 aromatic rings. The second kappa shape index (κ2) is 7.58. The monoisotopic (exact) mass is 399 g/mol. The molecule has 0 unspecified atom stereocenters. The molecule has 0 amide bonds. The Labute approximate surface area is 175 Å². The van der Waals surface area contributed by atoms with Gasteiger partial charge in [0.2, 0.25) is 0 Å². The Morgan fingerprint density at radius 3 is 2.60 bits per heavy atom. The van der Waals surface area contributed by atoms with Crippen LogP contribution in [0.1, 0.15) is 17.5 Å². The zero-order valence-corrected chi connectivity index (χ0v) is 17.4. The Bertz CT molecular complexity index is 1240. The molecule has 2 aromatic carbocycles. The van der Waals surface area contributed by atoms with Crippen LogP contribution >= 0.6 is 0 Å². The van der Waals surface area contributed by atoms with Crippen LogP contribution in [0.2, 0.25) is 0 Å². The summed E-state index contributed by atoms with van der Waals surface area (Å²) in [7, 11) is 0. The number of anilines is 1. The van der Waals surface area contributed by atoms with Crippen LogP contribution in [0.5, 0.6) is 0 Å². The number of benzene rings is 3. The summed E-state index contributed by atoms with van der Waals surface area (Å²) in [5, 5.41) is 3.44. The maximum atomic E-state index is 13.3. The van der Waals surface area contributed by atoms with Crippen LogP contribution in [-0.4, -0.2) is 31.2 Å². The first-order valence-electron chi connectivity index (χ1n) is 10.5. The molecule has 5 heteroatoms. The molecule has 30 heavy (non-hydrogen) atoms. The summed E-state index contributed by atoms with van der Waals surface area (Å²) >= 11 is 0. The van der Waals surface area contributed by atoms with Gasteiger partial charge in [0, 0.05) is 30.9 Å². The predicted molar refractivity (Wildman–Crippen MR) is 122 cm³/mol. The number of para-hydroxylation sites is 2. The highest BCUT2D eigenvalue weighted by Gasteiger charge is 2.24. The summed E-state index contributed by atoms with van der Waals surface area (Å²) in [6.45, 7) is 7.89. The molecule has 2 heterocycles. The third-order valence-corrected chi connectivity index (χ3v) is 6.10. The van der Waals surface area contributed by atoms with Crippen LogP contribution in [0, 0.1) is 13.8 Å². The van der Waals surface area contributed by atoms with E-state index in [-0.39, 0.29) is 5.43 Å². The average Bonchev–Trinajstić information content (AvgIpc) is 3.07. The first-order chi connectivity index (χ1) is 14.6. The molecule has 1 N–H and O–H groups in total. The molecule has 0 spiro atoms. The lowest BCUT2D eigenvalue weighted by atomic mass is 9.93. The summed E-state index contributed by atoms with van der Waals surface area (Å²) < 4.78 is 6.23. The zero-order chi connectivity index (χ0) is 20.7. The van der Waals surface area contributed by atoms with Crippen LogP contribution in [0.25, 0.3) is 33.7 Å². The lowest BCUT2D eigenvalue weighted by molar-refractivity contribution is 0.613. The maximum absolute atomic E-state index is 13.3. The third kappa shape index (κ3) is 3.15. The van der Waals surface area contributed by atoms with Crippen molar-refractivity contribution >= 4 is 16.8 Å². The molecule has 0 aromatic heterocycles. The van der Waals surface area contributed by atoms with Crippen molar-refractivity contribution in [2.24, 2.45) is 0 Å². The van der Waals surface area contributed by atoms with E-state index >= 15 is 0 Å². The largest absolute Gasteiger partial charge is 0.452 e. The third-order valence-electron chi connectivity index (χ3n) is 6.10. The topological polar surface area (TPSA) is 58.4 Å². The van der Waals surface area contributed by atoms with E-state index < -0.39 is 0 Å². The van der Waals surface area contributed by atoms with Gasteiger partial charge in [-0.15, -0.1) is 0 Å². The molecule has 0 saturated carbocycles. The van der Waals surface area contributed by atoms with Gasteiger partial charge in [-0.2, -0.15) is 0 Å². The van der Waals surface area contributed by atoms with Gasteiger partial charge in [-0.3, -0.25) is 4.79 Å². The van der Waals surface area contributed by atoms with Gasteiger partial charge < -0.3 is 14.6 Å². The SMILES string of the molecule is Cc1c2nc3ccccc3oc-2c(-c2ccc(N3CCCNCC3)cc2)c(=O)c1C. The lowest BCUT2D eigenvalue weighted by Crippen LogP contribution is -2.27. The smallest absolute Gasteiger partial charge is 0.193 e. The molecule has 3 aliphatic rings. The molecule has 2 aliphatic heterocycles. The summed E-state index contributed by atoms with van der Waals surface area (Å²) in [5.41, 5.74) is 6.48. The van der Waals surface area contributed by atoms with E-state index in [1.54, 1.807) is 0 Å². The number of fused-ring (bicyclic) bond motifs is 2. The Balaban J connectivity index is 1.66. The lowest BCUT2D eigenvalue weighted by Gasteiger charge is -2.22. The van der Waals surface area contributed by atoms with E-state index in [2.05, 4.69) is 22.3 Å². The highest BCUT2D eigenvalue weighted by Crippen LogP contribution is 2.36. The molecular formula is C25H25N3O2. The molecule has 1 saturated heterocycles. The summed E-state index contributed by atoms with van der Waals surface area (Å²) in [4.78, 5) is 20.5. The second-order valence-corrected chi connectivity index (χ2v) is 7.95. The van der Waals surface area contributed by atoms with E-state index in [0.717, 1.165) is 60.5 Å². The van der Waals surface area contributed by atoms with E-state index in [1.807, 2.05) is 50.2 Å². The summed E-state index contributed by atoms with van der Waals surface area (Å²) in [6.07, 6.45) is 1.13. The van der Waals surface area contributed by atoms with Gasteiger partial charge in [0.1, 0.15) is 11.2 Å². The Morgan fingerprint density at radius 2 is 1.77 bits per heavy atom. The fourth-order valence-electron chi connectivity index (χ4n) is 4.23. The van der Waals surface area contributed by atoms with Crippen molar-refractivity contribution in [1.82, 2.24) is 10.3 Å². The molecule has 152 valence electrons. The van der Waals surface area contributed by atoms with Crippen molar-refractivity contribution in [3.05, 3.63) is 69.9 Å². The fourth-order valence-corrected chi connectivity index (χ4v) is 4.23. The summed E-state index contributed by atoms with van der Waals surface area (Å²) in [6, 6.07) is 16.0. The number of nitrogens with one attached hydrogen (secondary N) is 1. The zero-order valence-electron chi connectivity index (χ0n) is 17.4. The van der Waals surface area contributed by atoms with Crippen LogP contribution < -0.4 is 15.6 Å². The van der Waals surface area contributed by atoms with Gasteiger partial charge in [-0.25, -0.2) is 4.98 Å². The van der Waals surface area contributed by atoms with E-state index in [4.69, 9.17) is 9.40 Å². The minimum absolute atomic E-state index is 0.00699. The highest BCUT2D eigenvalue weighted by atomic mass is 16.3. The van der Waals surface area contributed by atoms with Crippen molar-refractivity contribution in [3.63, 3.8) is 0 Å². The molecule has 1 fully saturated rings. The van der Waals surface area contributed by atoms with Gasteiger partial charge in [-0.05, 0) is 62.2 Å². The number of aromatic nitrogens is 1. The van der Waals surface area contributed by atoms with E-state index in [9.17, 15) is 4.79 Å². The van der Waals surface area contributed by atoms with Crippen molar-refractivity contribution in [1.29, 1.82) is 0 Å². The first kappa shape index (κ1) is 18.8. The number of nitrogens with zero attached hydrogens (tertiary/aromatic N) is 2. The number of rotatable bonds is 2. The standard InChI is InChI=1S/C25H25N3O2/c1-16-17(2)24(29)22(25-23(16)27-20-6-3-4-7-21(20)30-25)18-8-10-19(11-9-18)28-14-5-12-26-13-15-28/h3-4,6-11,26H,5,12-15H2,1-2H3. The number of hydrogen-bond donors (Lipinski definition) is 1. The van der Waals surface area contributed by atoms with E-state index in [0.29, 0.717) is 16.9 Å². The molecule has 0 radical (unpaired) electrons. The predicted octanol–water partition coefficient (Wildman–Crippen LogP) is 4.38. The van der Waals surface area contributed by atoms with Crippen LogP contribution in [-0.2, 0) is 0 Å². The fraction of sp³-hybridized carbons (Fsp3) is 0.280. The Morgan fingerprint density at radius 1 is 0.967 bits per heavy atom. The molecular weight excluding hydrogens is 374 g/mol. The Hall–Kier alpha value is -3.18. The average molecular weight is 399 g/mol. The van der Waals surface area contributed by atoms with Gasteiger partial charge in [0.15, 0.2) is 16.8 Å². The van der Waals surface area contributed by atoms with Gasteiger partial charge in [0.05, 0.1) is 5.56 Å². The van der Waals surface area contributed by atoms with Crippen molar-refractivity contribution in [2.45, 2.75) is 20.3 Å². The second-order valence-electron chi connectivity index (χ2n) is 7.95. The Kier molecular flexibility index (Phi) is 4.75. The molecule has 5 rings (SSSR count). The van der Waals surface area contributed by atoms with Crippen molar-refractivity contribution in [3.8, 4) is 22.6 Å². The van der Waals surface area contributed by atoms with Crippen LogP contribution in [0.3, 0.4) is 0 Å². The van der Waals surface area contributed by atoms with Crippen LogP contribution in [0.4, 0.5) is 5.69 Å². The van der Waals surface area contributed by atoms with Crippen molar-refractivity contribution in [2.75, 3.05) is 31.1 Å². The number of hydrogen-bond acceptors (Lipinski definition) is 5. The quantitative estimate of drug-likeness (QED) is 0.507. The van der Waals surface area contributed by atoms with E-state index in [1.165, 1.54) is 5.69 Å². The first-order valence-corrected chi connectivity index (χ1v) is 10.5. The highest BCUT2D eigenvalue weighted by molar-refractivity contribution is 5.86. The van der Waals surface area contributed by atoms with Crippen LogP contribution in [0.15, 0.2) is 57.7 Å².